The number of carbonyl (C=O) groups excluding carboxylic acids is 2. The van der Waals surface area contributed by atoms with Crippen LogP contribution in [0.1, 0.15) is 55.8 Å². The average Bonchev–Trinajstić information content (AvgIpc) is 3.19. The summed E-state index contributed by atoms with van der Waals surface area (Å²) < 4.78 is 5.19. The van der Waals surface area contributed by atoms with E-state index in [0.717, 1.165) is 51.6 Å². The largest absolute Gasteiger partial charge is 0.452 e. The van der Waals surface area contributed by atoms with Crippen LogP contribution in [0.5, 0.6) is 0 Å². The molecule has 1 aromatic carbocycles. The summed E-state index contributed by atoms with van der Waals surface area (Å²) in [4.78, 5) is 37.3. The Bertz CT molecular complexity index is 737. The van der Waals surface area contributed by atoms with Crippen LogP contribution < -0.4 is 10.2 Å². The third kappa shape index (κ3) is 4.99. The Labute approximate surface area is 164 Å². The molecule has 1 amide bonds. The number of nitro benzene ring substituents is 1. The fourth-order valence-corrected chi connectivity index (χ4v) is 3.87. The van der Waals surface area contributed by atoms with Crippen LogP contribution in [-0.4, -0.2) is 42.5 Å². The maximum atomic E-state index is 12.6. The number of non-ortho nitro benzene ring substituents is 1. The molecule has 1 aromatic rings. The maximum absolute atomic E-state index is 12.6. The second kappa shape index (κ2) is 9.03. The normalized spacial score (nSPS) is 18.1. The number of ether oxygens (including phenoxy) is 1. The molecule has 0 bridgehead atoms. The molecular weight excluding hydrogens is 362 g/mol. The van der Waals surface area contributed by atoms with Crippen molar-refractivity contribution in [3.8, 4) is 0 Å². The summed E-state index contributed by atoms with van der Waals surface area (Å²) in [5.41, 5.74) is 0.590. The smallest absolute Gasteiger partial charge is 0.341 e. The standard InChI is InChI=1S/C20H27N3O5/c1-14-8-10-22(11-9-14)18-7-6-16(23(26)27)12-17(18)20(25)28-13-19(24)21-15-4-2-3-5-15/h6-7,12,14-15H,2-5,8-11,13H2,1H3,(H,21,24). The number of nitrogens with zero attached hydrogens (tertiary/aromatic N) is 2. The van der Waals surface area contributed by atoms with Gasteiger partial charge in [-0.1, -0.05) is 19.8 Å². The Morgan fingerprint density at radius 1 is 1.21 bits per heavy atom. The molecule has 1 aliphatic carbocycles. The molecule has 0 aromatic heterocycles. The molecular formula is C20H27N3O5. The van der Waals surface area contributed by atoms with Crippen LogP contribution >= 0.6 is 0 Å². The molecule has 3 rings (SSSR count). The molecule has 1 aliphatic heterocycles. The average molecular weight is 389 g/mol. The van der Waals surface area contributed by atoms with Crippen molar-refractivity contribution in [3.63, 3.8) is 0 Å². The van der Waals surface area contributed by atoms with Crippen molar-refractivity contribution in [2.45, 2.75) is 51.5 Å². The number of hydrogen-bond donors (Lipinski definition) is 1. The van der Waals surface area contributed by atoms with Gasteiger partial charge in [0.15, 0.2) is 6.61 Å². The van der Waals surface area contributed by atoms with Crippen molar-refractivity contribution in [1.29, 1.82) is 0 Å². The van der Waals surface area contributed by atoms with Crippen LogP contribution in [0.3, 0.4) is 0 Å². The van der Waals surface area contributed by atoms with Crippen LogP contribution in [0.2, 0.25) is 0 Å². The lowest BCUT2D eigenvalue weighted by Crippen LogP contribution is -2.36. The molecule has 0 atom stereocenters. The highest BCUT2D eigenvalue weighted by molar-refractivity contribution is 5.97. The second-order valence-corrected chi connectivity index (χ2v) is 7.75. The molecule has 2 fully saturated rings. The van der Waals surface area contributed by atoms with Crippen molar-refractivity contribution < 1.29 is 19.2 Å². The van der Waals surface area contributed by atoms with E-state index in [2.05, 4.69) is 17.1 Å². The first-order valence-corrected chi connectivity index (χ1v) is 9.94. The van der Waals surface area contributed by atoms with E-state index in [9.17, 15) is 19.7 Å². The van der Waals surface area contributed by atoms with E-state index in [0.29, 0.717) is 11.6 Å². The molecule has 1 heterocycles. The number of piperidine rings is 1. The summed E-state index contributed by atoms with van der Waals surface area (Å²) >= 11 is 0. The molecule has 0 spiro atoms. The lowest BCUT2D eigenvalue weighted by atomic mass is 9.98. The van der Waals surface area contributed by atoms with Gasteiger partial charge in [-0.05, 0) is 37.7 Å². The number of nitro groups is 1. The molecule has 0 unspecified atom stereocenters. The summed E-state index contributed by atoms with van der Waals surface area (Å²) in [7, 11) is 0. The minimum absolute atomic E-state index is 0.136. The van der Waals surface area contributed by atoms with Gasteiger partial charge in [-0.2, -0.15) is 0 Å². The first-order valence-electron chi connectivity index (χ1n) is 9.94. The Morgan fingerprint density at radius 3 is 2.54 bits per heavy atom. The van der Waals surface area contributed by atoms with Gasteiger partial charge in [-0.3, -0.25) is 14.9 Å². The third-order valence-corrected chi connectivity index (χ3v) is 5.59. The van der Waals surface area contributed by atoms with E-state index < -0.39 is 10.9 Å². The predicted octanol–water partition coefficient (Wildman–Crippen LogP) is 3.05. The molecule has 0 radical (unpaired) electrons. The number of esters is 1. The number of nitrogens with one attached hydrogen (secondary N) is 1. The minimum atomic E-state index is -0.709. The number of hydrogen-bond acceptors (Lipinski definition) is 6. The van der Waals surface area contributed by atoms with Crippen LogP contribution in [0.25, 0.3) is 0 Å². The fraction of sp³-hybridized carbons (Fsp3) is 0.600. The van der Waals surface area contributed by atoms with Gasteiger partial charge in [0, 0.05) is 31.3 Å². The van der Waals surface area contributed by atoms with E-state index >= 15 is 0 Å². The summed E-state index contributed by atoms with van der Waals surface area (Å²) in [6, 6.07) is 4.39. The number of benzene rings is 1. The van der Waals surface area contributed by atoms with E-state index in [4.69, 9.17) is 4.74 Å². The molecule has 28 heavy (non-hydrogen) atoms. The van der Waals surface area contributed by atoms with E-state index in [1.165, 1.54) is 12.1 Å². The van der Waals surface area contributed by atoms with Crippen LogP contribution in [0.4, 0.5) is 11.4 Å². The van der Waals surface area contributed by atoms with Crippen molar-refractivity contribution in [1.82, 2.24) is 5.32 Å². The van der Waals surface area contributed by atoms with Gasteiger partial charge in [0.05, 0.1) is 16.2 Å². The Hall–Kier alpha value is -2.64. The Balaban J connectivity index is 1.70. The van der Waals surface area contributed by atoms with Crippen LogP contribution in [-0.2, 0) is 9.53 Å². The maximum Gasteiger partial charge on any atom is 0.341 e. The lowest BCUT2D eigenvalue weighted by molar-refractivity contribution is -0.384. The van der Waals surface area contributed by atoms with Crippen LogP contribution in [0, 0.1) is 16.0 Å². The molecule has 1 saturated heterocycles. The first kappa shape index (κ1) is 20.1. The molecule has 8 heteroatoms. The highest BCUT2D eigenvalue weighted by atomic mass is 16.6. The number of amides is 1. The van der Waals surface area contributed by atoms with E-state index in [1.807, 2.05) is 0 Å². The van der Waals surface area contributed by atoms with Crippen molar-refractivity contribution >= 4 is 23.3 Å². The molecule has 8 nitrogen and oxygen atoms in total. The zero-order chi connectivity index (χ0) is 20.1. The van der Waals surface area contributed by atoms with Gasteiger partial charge in [0.2, 0.25) is 0 Å². The molecule has 2 aliphatic rings. The zero-order valence-electron chi connectivity index (χ0n) is 16.2. The monoisotopic (exact) mass is 389 g/mol. The van der Waals surface area contributed by atoms with Gasteiger partial charge >= 0.3 is 5.97 Å². The van der Waals surface area contributed by atoms with Crippen molar-refractivity contribution in [2.75, 3.05) is 24.6 Å². The molecule has 1 saturated carbocycles. The topological polar surface area (TPSA) is 102 Å². The predicted molar refractivity (Wildman–Crippen MR) is 104 cm³/mol. The number of carbonyl (C=O) groups is 2. The Kier molecular flexibility index (Phi) is 6.49. The lowest BCUT2D eigenvalue weighted by Gasteiger charge is -2.33. The fourth-order valence-electron chi connectivity index (χ4n) is 3.87. The molecule has 1 N–H and O–H groups in total. The highest BCUT2D eigenvalue weighted by Crippen LogP contribution is 2.30. The summed E-state index contributed by atoms with van der Waals surface area (Å²) in [5.74, 6) is -0.429. The SMILES string of the molecule is CC1CCN(c2ccc([N+](=O)[O-])cc2C(=O)OCC(=O)NC2CCCC2)CC1. The summed E-state index contributed by atoms with van der Waals surface area (Å²) in [6.07, 6.45) is 6.07. The third-order valence-electron chi connectivity index (χ3n) is 5.59. The number of anilines is 1. The Morgan fingerprint density at radius 2 is 1.89 bits per heavy atom. The molecule has 152 valence electrons. The van der Waals surface area contributed by atoms with E-state index in [1.54, 1.807) is 6.07 Å². The van der Waals surface area contributed by atoms with Gasteiger partial charge in [0.1, 0.15) is 0 Å². The summed E-state index contributed by atoms with van der Waals surface area (Å²) in [6.45, 7) is 3.36. The zero-order valence-corrected chi connectivity index (χ0v) is 16.2. The van der Waals surface area contributed by atoms with Gasteiger partial charge < -0.3 is 15.0 Å². The van der Waals surface area contributed by atoms with Crippen molar-refractivity contribution in [3.05, 3.63) is 33.9 Å². The summed E-state index contributed by atoms with van der Waals surface area (Å²) in [5, 5.41) is 14.0. The van der Waals surface area contributed by atoms with E-state index in [-0.39, 0.29) is 29.8 Å². The first-order chi connectivity index (χ1) is 13.4. The highest BCUT2D eigenvalue weighted by Gasteiger charge is 2.25. The number of rotatable bonds is 6. The van der Waals surface area contributed by atoms with Gasteiger partial charge in [-0.15, -0.1) is 0 Å². The quantitative estimate of drug-likeness (QED) is 0.456. The van der Waals surface area contributed by atoms with Crippen LogP contribution in [0.15, 0.2) is 18.2 Å². The minimum Gasteiger partial charge on any atom is -0.452 e. The van der Waals surface area contributed by atoms with Gasteiger partial charge in [-0.25, -0.2) is 4.79 Å². The van der Waals surface area contributed by atoms with Crippen molar-refractivity contribution in [2.24, 2.45) is 5.92 Å². The second-order valence-electron chi connectivity index (χ2n) is 7.75. The van der Waals surface area contributed by atoms with Gasteiger partial charge in [0.25, 0.3) is 11.6 Å².